The molecule has 13 heteroatoms. The summed E-state index contributed by atoms with van der Waals surface area (Å²) in [5.41, 5.74) is -0.765. The van der Waals surface area contributed by atoms with Gasteiger partial charge in [-0.3, -0.25) is 34.0 Å². The molecule has 1 rings (SSSR count). The molecule has 32 heavy (non-hydrogen) atoms. The van der Waals surface area contributed by atoms with E-state index in [9.17, 15) is 28.8 Å². The monoisotopic (exact) mass is 470 g/mol. The van der Waals surface area contributed by atoms with Crippen LogP contribution in [0.25, 0.3) is 0 Å². The van der Waals surface area contributed by atoms with Gasteiger partial charge in [0.05, 0.1) is 0 Å². The summed E-state index contributed by atoms with van der Waals surface area (Å²) in [5.74, 6) is -1.29. The molecule has 3 N–H and O–H groups in total. The minimum Gasteiger partial charge on any atom is -0.344 e. The van der Waals surface area contributed by atoms with E-state index in [2.05, 4.69) is 28.2 Å². The molecule has 0 bridgehead atoms. The molecule has 0 saturated carbocycles. The number of nitrogens with zero attached hydrogens (tertiary/aromatic N) is 3. The van der Waals surface area contributed by atoms with Crippen LogP contribution in [0.2, 0.25) is 0 Å². The summed E-state index contributed by atoms with van der Waals surface area (Å²) < 4.78 is 1.27. The molecular formula is C19H30N6O6S. The van der Waals surface area contributed by atoms with Crippen molar-refractivity contribution in [3.8, 4) is 0 Å². The number of hydrogen-bond acceptors (Lipinski definition) is 7. The zero-order chi connectivity index (χ0) is 24.4. The molecule has 0 spiro atoms. The van der Waals surface area contributed by atoms with Gasteiger partial charge < -0.3 is 15.1 Å². The number of carbonyl (C=O) groups excluding carboxylic acids is 4. The first-order valence-corrected chi connectivity index (χ1v) is 10.7. The number of aromatic nitrogens is 2. The van der Waals surface area contributed by atoms with Gasteiger partial charge in [0.2, 0.25) is 17.7 Å². The average Bonchev–Trinajstić information content (AvgIpc) is 2.71. The van der Waals surface area contributed by atoms with Crippen LogP contribution in [-0.4, -0.2) is 81.1 Å². The fraction of sp³-hybridized carbons (Fsp3) is 0.579. The molecule has 0 fully saturated rings. The molecule has 12 nitrogen and oxygen atoms in total. The molecule has 0 aliphatic rings. The number of thiol groups is 1. The maximum Gasteiger partial charge on any atom is 0.328 e. The molecule has 0 aliphatic carbocycles. The van der Waals surface area contributed by atoms with Crippen LogP contribution in [0.4, 0.5) is 4.79 Å². The molecule has 0 radical (unpaired) electrons. The smallest absolute Gasteiger partial charge is 0.328 e. The van der Waals surface area contributed by atoms with Gasteiger partial charge in [0.15, 0.2) is 0 Å². The number of urea groups is 1. The lowest BCUT2D eigenvalue weighted by Gasteiger charge is -2.30. The number of imide groups is 1. The van der Waals surface area contributed by atoms with Crippen molar-refractivity contribution < 1.29 is 19.2 Å². The third-order valence-electron chi connectivity index (χ3n) is 4.56. The van der Waals surface area contributed by atoms with Crippen LogP contribution in [0, 0.1) is 6.92 Å². The zero-order valence-corrected chi connectivity index (χ0v) is 19.5. The van der Waals surface area contributed by atoms with E-state index in [0.29, 0.717) is 12.1 Å². The average molecular weight is 471 g/mol. The predicted molar refractivity (Wildman–Crippen MR) is 121 cm³/mol. The molecule has 5 amide bonds. The third kappa shape index (κ3) is 8.21. The maximum absolute atomic E-state index is 13.0. The maximum atomic E-state index is 13.0. The highest BCUT2D eigenvalue weighted by Crippen LogP contribution is 2.02. The van der Waals surface area contributed by atoms with Gasteiger partial charge in [-0.05, 0) is 13.8 Å². The Hall–Kier alpha value is -3.09. The number of aryl methyl sites for hydroxylation is 1. The lowest BCUT2D eigenvalue weighted by Crippen LogP contribution is -2.53. The molecule has 0 saturated heterocycles. The molecule has 1 unspecified atom stereocenters. The Morgan fingerprint density at radius 1 is 1.09 bits per heavy atom. The van der Waals surface area contributed by atoms with E-state index in [1.165, 1.54) is 34.4 Å². The molecule has 1 heterocycles. The summed E-state index contributed by atoms with van der Waals surface area (Å²) in [4.78, 5) is 76.4. The predicted octanol–water partition coefficient (Wildman–Crippen LogP) is -1.31. The van der Waals surface area contributed by atoms with Crippen molar-refractivity contribution in [1.29, 1.82) is 0 Å². The van der Waals surface area contributed by atoms with Gasteiger partial charge >= 0.3 is 11.7 Å². The highest BCUT2D eigenvalue weighted by molar-refractivity contribution is 7.80. The Bertz CT molecular complexity index is 958. The minimum absolute atomic E-state index is 0.0505. The summed E-state index contributed by atoms with van der Waals surface area (Å²) in [5, 5.41) is 4.71. The van der Waals surface area contributed by atoms with Gasteiger partial charge in [0.25, 0.3) is 5.56 Å². The van der Waals surface area contributed by atoms with Gasteiger partial charge in [-0.15, -0.1) is 0 Å². The van der Waals surface area contributed by atoms with Crippen LogP contribution >= 0.6 is 12.6 Å². The second-order valence-electron chi connectivity index (χ2n) is 7.09. The van der Waals surface area contributed by atoms with Crippen molar-refractivity contribution >= 4 is 36.4 Å². The van der Waals surface area contributed by atoms with Crippen LogP contribution in [0.5, 0.6) is 0 Å². The highest BCUT2D eigenvalue weighted by Gasteiger charge is 2.25. The van der Waals surface area contributed by atoms with Gasteiger partial charge in [0, 0.05) is 64.1 Å². The summed E-state index contributed by atoms with van der Waals surface area (Å²) in [6, 6.07) is -1.49. The first kappa shape index (κ1) is 26.9. The Labute approximate surface area is 190 Å². The Morgan fingerprint density at radius 2 is 1.72 bits per heavy atom. The molecule has 0 aromatic carbocycles. The standard InChI is InChI=1S/C19H30N6O6S/c1-5-23(18(30)21-14(4)27)6-7-24(17(29)15(11-32)20-13(3)26)8-9-25-10-12(2)16(28)22-19(25)31/h10,15,32H,5-9,11H2,1-4H3,(H,20,26)(H,21,27,30)(H,22,28,31). The lowest BCUT2D eigenvalue weighted by atomic mass is 10.2. The van der Waals surface area contributed by atoms with Gasteiger partial charge in [-0.2, -0.15) is 12.6 Å². The van der Waals surface area contributed by atoms with E-state index in [-0.39, 0.29) is 31.9 Å². The van der Waals surface area contributed by atoms with Gasteiger partial charge in [-0.25, -0.2) is 9.59 Å². The fourth-order valence-electron chi connectivity index (χ4n) is 2.87. The van der Waals surface area contributed by atoms with Gasteiger partial charge in [0.1, 0.15) is 6.04 Å². The number of hydrogen-bond donors (Lipinski definition) is 4. The number of H-pyrrole nitrogens is 1. The van der Waals surface area contributed by atoms with Crippen LogP contribution in [0.1, 0.15) is 26.3 Å². The SMILES string of the molecule is CCN(CCN(CCn1cc(C)c(=O)[nH]c1=O)C(=O)C(CS)NC(C)=O)C(=O)NC(C)=O. The Kier molecular flexibility index (Phi) is 10.7. The Balaban J connectivity index is 3.05. The summed E-state index contributed by atoms with van der Waals surface area (Å²) in [6.07, 6.45) is 1.40. The van der Waals surface area contributed by atoms with E-state index in [1.807, 2.05) is 0 Å². The second kappa shape index (κ2) is 12.7. The van der Waals surface area contributed by atoms with Crippen LogP contribution in [0.3, 0.4) is 0 Å². The van der Waals surface area contributed by atoms with Crippen LogP contribution < -0.4 is 21.9 Å². The van der Waals surface area contributed by atoms with Crippen molar-refractivity contribution in [2.24, 2.45) is 0 Å². The zero-order valence-electron chi connectivity index (χ0n) is 18.6. The van der Waals surface area contributed by atoms with E-state index in [4.69, 9.17) is 0 Å². The largest absolute Gasteiger partial charge is 0.344 e. The first-order valence-electron chi connectivity index (χ1n) is 10.0. The number of amides is 5. The third-order valence-corrected chi connectivity index (χ3v) is 4.93. The first-order chi connectivity index (χ1) is 15.0. The van der Waals surface area contributed by atoms with E-state index >= 15 is 0 Å². The van der Waals surface area contributed by atoms with Crippen molar-refractivity contribution in [3.05, 3.63) is 32.6 Å². The van der Waals surface area contributed by atoms with Crippen molar-refractivity contribution in [2.45, 2.75) is 40.3 Å². The molecule has 1 aromatic heterocycles. The quantitative estimate of drug-likeness (QED) is 0.311. The molecule has 1 aromatic rings. The van der Waals surface area contributed by atoms with Crippen molar-refractivity contribution in [2.75, 3.05) is 31.9 Å². The topological polar surface area (TPSA) is 154 Å². The molecular weight excluding hydrogens is 440 g/mol. The summed E-state index contributed by atoms with van der Waals surface area (Å²) >= 11 is 4.13. The van der Waals surface area contributed by atoms with Crippen molar-refractivity contribution in [1.82, 2.24) is 30.0 Å². The minimum atomic E-state index is -0.897. The molecule has 178 valence electrons. The number of aromatic amines is 1. The fourth-order valence-corrected chi connectivity index (χ4v) is 3.12. The highest BCUT2D eigenvalue weighted by atomic mass is 32.1. The van der Waals surface area contributed by atoms with Gasteiger partial charge in [-0.1, -0.05) is 0 Å². The Morgan fingerprint density at radius 3 is 2.25 bits per heavy atom. The molecule has 0 aliphatic heterocycles. The normalized spacial score (nSPS) is 11.4. The number of likely N-dealkylation sites (N-methyl/N-ethyl adjacent to an activating group) is 1. The number of nitrogens with one attached hydrogen (secondary N) is 3. The second-order valence-corrected chi connectivity index (χ2v) is 7.46. The van der Waals surface area contributed by atoms with Crippen LogP contribution in [-0.2, 0) is 20.9 Å². The number of carbonyl (C=O) groups is 4. The van der Waals surface area contributed by atoms with E-state index in [0.717, 1.165) is 0 Å². The lowest BCUT2D eigenvalue weighted by molar-refractivity contribution is -0.135. The number of rotatable bonds is 10. The summed E-state index contributed by atoms with van der Waals surface area (Å²) in [7, 11) is 0. The van der Waals surface area contributed by atoms with Crippen LogP contribution in [0.15, 0.2) is 15.8 Å². The van der Waals surface area contributed by atoms with E-state index in [1.54, 1.807) is 13.8 Å². The summed E-state index contributed by atoms with van der Waals surface area (Å²) in [6.45, 7) is 6.41. The molecule has 1 atom stereocenters. The van der Waals surface area contributed by atoms with E-state index < -0.39 is 41.0 Å². The van der Waals surface area contributed by atoms with Crippen molar-refractivity contribution in [3.63, 3.8) is 0 Å².